The van der Waals surface area contributed by atoms with Crippen molar-refractivity contribution in [1.82, 2.24) is 0 Å². The van der Waals surface area contributed by atoms with Gasteiger partial charge in [-0.2, -0.15) is 0 Å². The minimum absolute atomic E-state index is 0.0948. The van der Waals surface area contributed by atoms with Crippen LogP contribution >= 0.6 is 0 Å². The Bertz CT molecular complexity index is 563. The number of aryl methyl sites for hydroxylation is 3. The Morgan fingerprint density at radius 2 is 1.74 bits per heavy atom. The third-order valence-electron chi connectivity index (χ3n) is 3.35. The fraction of sp³-hybridized carbons (Fsp3) is 0.294. The van der Waals surface area contributed by atoms with Gasteiger partial charge in [-0.1, -0.05) is 42.0 Å². The lowest BCUT2D eigenvalue weighted by Gasteiger charge is -2.21. The number of hydrogen-bond donors (Lipinski definition) is 1. The lowest BCUT2D eigenvalue weighted by atomic mass is 10.0. The van der Waals surface area contributed by atoms with Crippen LogP contribution < -0.4 is 10.5 Å². The van der Waals surface area contributed by atoms with Crippen molar-refractivity contribution >= 4 is 0 Å². The van der Waals surface area contributed by atoms with Crippen LogP contribution in [0.1, 0.15) is 28.4 Å². The van der Waals surface area contributed by atoms with Gasteiger partial charge in [0.05, 0.1) is 0 Å². The van der Waals surface area contributed by atoms with Crippen LogP contribution in [0.5, 0.6) is 5.75 Å². The van der Waals surface area contributed by atoms with Crippen molar-refractivity contribution < 1.29 is 4.74 Å². The Hall–Kier alpha value is -1.80. The van der Waals surface area contributed by atoms with Crippen molar-refractivity contribution in [3.8, 4) is 5.75 Å². The van der Waals surface area contributed by atoms with Gasteiger partial charge in [0.15, 0.2) is 0 Å². The molecule has 2 rings (SSSR count). The highest BCUT2D eigenvalue weighted by molar-refractivity contribution is 5.37. The third-order valence-corrected chi connectivity index (χ3v) is 3.35. The number of nitrogens with two attached hydrogens (primary N) is 1. The van der Waals surface area contributed by atoms with Gasteiger partial charge in [-0.05, 0) is 43.5 Å². The average molecular weight is 255 g/mol. The summed E-state index contributed by atoms with van der Waals surface area (Å²) in [7, 11) is 0. The average Bonchev–Trinajstić information content (AvgIpc) is 2.39. The van der Waals surface area contributed by atoms with Crippen LogP contribution in [0.2, 0.25) is 0 Å². The number of ether oxygens (including phenoxy) is 1. The van der Waals surface area contributed by atoms with Gasteiger partial charge in [0.25, 0.3) is 0 Å². The van der Waals surface area contributed by atoms with E-state index in [9.17, 15) is 0 Å². The molecule has 2 heteroatoms. The van der Waals surface area contributed by atoms with Crippen molar-refractivity contribution in [3.05, 3.63) is 64.7 Å². The molecule has 0 spiro atoms. The van der Waals surface area contributed by atoms with Crippen LogP contribution in [0, 0.1) is 20.8 Å². The van der Waals surface area contributed by atoms with E-state index in [1.54, 1.807) is 0 Å². The Morgan fingerprint density at radius 1 is 1.00 bits per heavy atom. The van der Waals surface area contributed by atoms with Gasteiger partial charge in [-0.3, -0.25) is 0 Å². The van der Waals surface area contributed by atoms with E-state index in [4.69, 9.17) is 10.5 Å². The van der Waals surface area contributed by atoms with Gasteiger partial charge in [-0.25, -0.2) is 0 Å². The van der Waals surface area contributed by atoms with Crippen molar-refractivity contribution in [1.29, 1.82) is 0 Å². The summed E-state index contributed by atoms with van der Waals surface area (Å²) in [5.41, 5.74) is 10.6. The minimum atomic E-state index is -0.0948. The van der Waals surface area contributed by atoms with E-state index in [1.165, 1.54) is 11.1 Å². The second-order valence-corrected chi connectivity index (χ2v) is 4.97. The van der Waals surface area contributed by atoms with E-state index in [1.807, 2.05) is 18.2 Å². The molecule has 2 aromatic rings. The minimum Gasteiger partial charge on any atom is -0.484 e. The predicted molar refractivity (Wildman–Crippen MR) is 79.5 cm³/mol. The molecule has 0 aliphatic carbocycles. The highest BCUT2D eigenvalue weighted by atomic mass is 16.5. The van der Waals surface area contributed by atoms with Crippen molar-refractivity contribution in [2.75, 3.05) is 6.54 Å². The molecule has 0 fully saturated rings. The Morgan fingerprint density at radius 3 is 2.37 bits per heavy atom. The summed E-state index contributed by atoms with van der Waals surface area (Å²) in [5.74, 6) is 0.907. The van der Waals surface area contributed by atoms with E-state index in [-0.39, 0.29) is 6.10 Å². The molecule has 0 bridgehead atoms. The fourth-order valence-electron chi connectivity index (χ4n) is 2.27. The lowest BCUT2D eigenvalue weighted by Crippen LogP contribution is -2.19. The smallest absolute Gasteiger partial charge is 0.136 e. The molecule has 0 radical (unpaired) electrons. The maximum Gasteiger partial charge on any atom is 0.136 e. The van der Waals surface area contributed by atoms with E-state index in [0.29, 0.717) is 6.54 Å². The van der Waals surface area contributed by atoms with E-state index >= 15 is 0 Å². The molecule has 2 aromatic carbocycles. The standard InChI is InChI=1S/C17H21NO/c1-12-8-9-16(14(3)10-12)19-17(11-18)15-7-5-4-6-13(15)2/h4-10,17H,11,18H2,1-3H3. The third kappa shape index (κ3) is 3.15. The molecule has 2 N–H and O–H groups in total. The normalized spacial score (nSPS) is 12.2. The first-order valence-corrected chi connectivity index (χ1v) is 6.61. The summed E-state index contributed by atoms with van der Waals surface area (Å²) in [5, 5.41) is 0. The fourth-order valence-corrected chi connectivity index (χ4v) is 2.27. The van der Waals surface area contributed by atoms with Crippen LogP contribution in [0.25, 0.3) is 0 Å². The maximum atomic E-state index is 6.09. The molecule has 0 aliphatic rings. The van der Waals surface area contributed by atoms with Crippen LogP contribution in [0.3, 0.4) is 0 Å². The number of benzene rings is 2. The zero-order chi connectivity index (χ0) is 13.8. The second-order valence-electron chi connectivity index (χ2n) is 4.97. The monoisotopic (exact) mass is 255 g/mol. The first kappa shape index (κ1) is 13.6. The molecule has 0 aromatic heterocycles. The van der Waals surface area contributed by atoms with Gasteiger partial charge >= 0.3 is 0 Å². The molecule has 0 aliphatic heterocycles. The molecule has 0 heterocycles. The second kappa shape index (κ2) is 5.89. The summed E-state index contributed by atoms with van der Waals surface area (Å²) in [6.45, 7) is 6.70. The van der Waals surface area contributed by atoms with Gasteiger partial charge in [0.1, 0.15) is 11.9 Å². The topological polar surface area (TPSA) is 35.2 Å². The van der Waals surface area contributed by atoms with Crippen LogP contribution in [0.4, 0.5) is 0 Å². The summed E-state index contributed by atoms with van der Waals surface area (Å²) >= 11 is 0. The zero-order valence-electron chi connectivity index (χ0n) is 11.8. The van der Waals surface area contributed by atoms with Crippen molar-refractivity contribution in [2.24, 2.45) is 5.73 Å². The van der Waals surface area contributed by atoms with Gasteiger partial charge in [-0.15, -0.1) is 0 Å². The van der Waals surface area contributed by atoms with E-state index in [2.05, 4.69) is 45.0 Å². The molecule has 0 amide bonds. The molecule has 100 valence electrons. The SMILES string of the molecule is Cc1ccc(OC(CN)c2ccccc2C)c(C)c1. The van der Waals surface area contributed by atoms with Gasteiger partial charge in [0, 0.05) is 6.54 Å². The van der Waals surface area contributed by atoms with Crippen molar-refractivity contribution in [2.45, 2.75) is 26.9 Å². The quantitative estimate of drug-likeness (QED) is 0.904. The zero-order valence-corrected chi connectivity index (χ0v) is 11.8. The Kier molecular flexibility index (Phi) is 4.23. The van der Waals surface area contributed by atoms with Crippen molar-refractivity contribution in [3.63, 3.8) is 0 Å². The summed E-state index contributed by atoms with van der Waals surface area (Å²) in [4.78, 5) is 0. The van der Waals surface area contributed by atoms with E-state index < -0.39 is 0 Å². The molecule has 1 atom stereocenters. The molecule has 0 saturated heterocycles. The van der Waals surface area contributed by atoms with Crippen LogP contribution in [0.15, 0.2) is 42.5 Å². The molecular formula is C17H21NO. The summed E-state index contributed by atoms with van der Waals surface area (Å²) in [6, 6.07) is 14.4. The van der Waals surface area contributed by atoms with Gasteiger partial charge < -0.3 is 10.5 Å². The first-order valence-electron chi connectivity index (χ1n) is 6.61. The maximum absolute atomic E-state index is 6.09. The lowest BCUT2D eigenvalue weighted by molar-refractivity contribution is 0.212. The highest BCUT2D eigenvalue weighted by Gasteiger charge is 2.14. The Balaban J connectivity index is 2.27. The molecule has 0 saturated carbocycles. The number of rotatable bonds is 4. The Labute approximate surface area is 115 Å². The highest BCUT2D eigenvalue weighted by Crippen LogP contribution is 2.26. The number of hydrogen-bond acceptors (Lipinski definition) is 2. The van der Waals surface area contributed by atoms with Crippen LogP contribution in [-0.4, -0.2) is 6.54 Å². The van der Waals surface area contributed by atoms with Gasteiger partial charge in [0.2, 0.25) is 0 Å². The molecule has 2 nitrogen and oxygen atoms in total. The molecular weight excluding hydrogens is 234 g/mol. The summed E-state index contributed by atoms with van der Waals surface area (Å²) in [6.07, 6.45) is -0.0948. The largest absolute Gasteiger partial charge is 0.484 e. The first-order chi connectivity index (χ1) is 9.11. The predicted octanol–water partition coefficient (Wildman–Crippen LogP) is 3.69. The van der Waals surface area contributed by atoms with Crippen LogP contribution in [-0.2, 0) is 0 Å². The molecule has 1 unspecified atom stereocenters. The van der Waals surface area contributed by atoms with E-state index in [0.717, 1.165) is 16.9 Å². The molecule has 19 heavy (non-hydrogen) atoms. The summed E-state index contributed by atoms with van der Waals surface area (Å²) < 4.78 is 6.09.